The number of hydrogen-bond donors (Lipinski definition) is 2. The molecule has 5 nitrogen and oxygen atoms in total. The van der Waals surface area contributed by atoms with Gasteiger partial charge < -0.3 is 5.32 Å². The zero-order valence-electron chi connectivity index (χ0n) is 16.5. The number of hydrogen-bond acceptors (Lipinski definition) is 3. The Hall–Kier alpha value is -2.05. The number of carbonyl (C=O) groups excluding carboxylic acids is 1. The van der Waals surface area contributed by atoms with Crippen LogP contribution in [0.5, 0.6) is 0 Å². The Morgan fingerprint density at radius 2 is 1.86 bits per heavy atom. The minimum atomic E-state index is -3.94. The summed E-state index contributed by atoms with van der Waals surface area (Å²) in [6.45, 7) is 3.73. The molecule has 2 fully saturated rings. The summed E-state index contributed by atoms with van der Waals surface area (Å²) in [5.74, 6) is 1.01. The Kier molecular flexibility index (Phi) is 5.34. The summed E-state index contributed by atoms with van der Waals surface area (Å²) in [6, 6.07) is 10.1. The maximum Gasteiger partial charge on any atom is 0.263 e. The topological polar surface area (TPSA) is 75.3 Å². The van der Waals surface area contributed by atoms with Crippen LogP contribution in [0.2, 0.25) is 5.02 Å². The maximum absolute atomic E-state index is 13.0. The second kappa shape index (κ2) is 7.65. The largest absolute Gasteiger partial charge is 0.349 e. The first-order chi connectivity index (χ1) is 13.7. The third kappa shape index (κ3) is 4.14. The number of rotatable bonds is 5. The van der Waals surface area contributed by atoms with Crippen LogP contribution in [0.25, 0.3) is 0 Å². The van der Waals surface area contributed by atoms with E-state index in [2.05, 4.69) is 10.0 Å². The van der Waals surface area contributed by atoms with Gasteiger partial charge in [-0.1, -0.05) is 30.2 Å². The van der Waals surface area contributed by atoms with E-state index in [-0.39, 0.29) is 21.9 Å². The Bertz CT molecular complexity index is 1070. The molecule has 2 saturated carbocycles. The standard InChI is InChI=1S/C22H25ClN2O3S/c1-13-3-4-14(2)19(9-13)25-29(27,28)21-12-17(7-8-18(21)23)22(26)24-20-11-15-5-6-16(20)10-15/h3-4,7-9,12,15-16,20,25H,5-6,10-11H2,1-2H3,(H,24,26)/t15-,16-,20+/m0/s1. The van der Waals surface area contributed by atoms with Crippen molar-refractivity contribution in [2.75, 3.05) is 4.72 Å². The van der Waals surface area contributed by atoms with Gasteiger partial charge in [0.25, 0.3) is 15.9 Å². The lowest BCUT2D eigenvalue weighted by molar-refractivity contribution is 0.0922. The summed E-state index contributed by atoms with van der Waals surface area (Å²) < 4.78 is 28.6. The van der Waals surface area contributed by atoms with Crippen molar-refractivity contribution in [3.63, 3.8) is 0 Å². The number of fused-ring (bicyclic) bond motifs is 2. The van der Waals surface area contributed by atoms with Gasteiger partial charge in [-0.05, 0) is 80.3 Å². The SMILES string of the molecule is Cc1ccc(C)c(NS(=O)(=O)c2cc(C(=O)N[C@@H]3C[C@H]4CC[C@H]3C4)ccc2Cl)c1. The second-order valence-electron chi connectivity index (χ2n) is 8.32. The van der Waals surface area contributed by atoms with Gasteiger partial charge in [0, 0.05) is 11.6 Å². The number of nitrogens with one attached hydrogen (secondary N) is 2. The van der Waals surface area contributed by atoms with Crippen LogP contribution in [-0.4, -0.2) is 20.4 Å². The van der Waals surface area contributed by atoms with E-state index in [4.69, 9.17) is 11.6 Å². The van der Waals surface area contributed by atoms with Crippen LogP contribution in [-0.2, 0) is 10.0 Å². The van der Waals surface area contributed by atoms with Gasteiger partial charge in [0.2, 0.25) is 0 Å². The molecule has 7 heteroatoms. The Balaban J connectivity index is 1.57. The van der Waals surface area contributed by atoms with Crippen molar-refractivity contribution in [2.24, 2.45) is 11.8 Å². The lowest BCUT2D eigenvalue weighted by Crippen LogP contribution is -2.38. The quantitative estimate of drug-likeness (QED) is 0.720. The third-order valence-electron chi connectivity index (χ3n) is 6.17. The molecule has 2 N–H and O–H groups in total. The fraction of sp³-hybridized carbons (Fsp3) is 0.409. The number of halogens is 1. The fourth-order valence-corrected chi connectivity index (χ4v) is 6.22. The molecule has 154 valence electrons. The normalized spacial score (nSPS) is 23.2. The van der Waals surface area contributed by atoms with E-state index < -0.39 is 10.0 Å². The minimum Gasteiger partial charge on any atom is -0.349 e. The van der Waals surface area contributed by atoms with Gasteiger partial charge >= 0.3 is 0 Å². The van der Waals surface area contributed by atoms with Gasteiger partial charge in [-0.15, -0.1) is 0 Å². The summed E-state index contributed by atoms with van der Waals surface area (Å²) in [6.07, 6.45) is 4.62. The highest BCUT2D eigenvalue weighted by molar-refractivity contribution is 7.92. The van der Waals surface area contributed by atoms with Crippen molar-refractivity contribution in [3.8, 4) is 0 Å². The summed E-state index contributed by atoms with van der Waals surface area (Å²) in [4.78, 5) is 12.7. The first kappa shape index (κ1) is 20.2. The molecule has 2 aromatic carbocycles. The van der Waals surface area contributed by atoms with Crippen LogP contribution in [0, 0.1) is 25.7 Å². The van der Waals surface area contributed by atoms with Gasteiger partial charge in [0.1, 0.15) is 4.90 Å². The van der Waals surface area contributed by atoms with Crippen molar-refractivity contribution < 1.29 is 13.2 Å². The highest BCUT2D eigenvalue weighted by atomic mass is 35.5. The van der Waals surface area contributed by atoms with Crippen LogP contribution in [0.3, 0.4) is 0 Å². The molecule has 0 aromatic heterocycles. The van der Waals surface area contributed by atoms with E-state index in [1.165, 1.54) is 25.0 Å². The molecule has 1 amide bonds. The number of sulfonamides is 1. The van der Waals surface area contributed by atoms with Crippen molar-refractivity contribution >= 4 is 33.2 Å². The molecule has 3 atom stereocenters. The molecule has 2 aliphatic carbocycles. The van der Waals surface area contributed by atoms with Gasteiger partial charge in [0.15, 0.2) is 0 Å². The zero-order valence-corrected chi connectivity index (χ0v) is 18.1. The summed E-state index contributed by atoms with van der Waals surface area (Å²) >= 11 is 6.19. The Morgan fingerprint density at radius 3 is 2.55 bits per heavy atom. The lowest BCUT2D eigenvalue weighted by Gasteiger charge is -2.23. The summed E-state index contributed by atoms with van der Waals surface area (Å²) in [7, 11) is -3.94. The first-order valence-corrected chi connectivity index (χ1v) is 11.8. The molecule has 0 radical (unpaired) electrons. The van der Waals surface area contributed by atoms with Gasteiger partial charge in [0.05, 0.1) is 10.7 Å². The molecule has 0 heterocycles. The molecule has 2 aromatic rings. The average molecular weight is 433 g/mol. The van der Waals surface area contributed by atoms with E-state index in [0.717, 1.165) is 24.0 Å². The highest BCUT2D eigenvalue weighted by Crippen LogP contribution is 2.44. The first-order valence-electron chi connectivity index (χ1n) is 9.93. The monoisotopic (exact) mass is 432 g/mol. The molecule has 0 saturated heterocycles. The molecule has 2 bridgehead atoms. The third-order valence-corrected chi connectivity index (χ3v) is 8.02. The van der Waals surface area contributed by atoms with E-state index in [9.17, 15) is 13.2 Å². The van der Waals surface area contributed by atoms with Crippen LogP contribution >= 0.6 is 11.6 Å². The lowest BCUT2D eigenvalue weighted by atomic mass is 9.95. The number of benzene rings is 2. The smallest absolute Gasteiger partial charge is 0.263 e. The number of aryl methyl sites for hydroxylation is 2. The second-order valence-corrected chi connectivity index (χ2v) is 10.4. The van der Waals surface area contributed by atoms with Crippen molar-refractivity contribution in [3.05, 3.63) is 58.1 Å². The number of anilines is 1. The van der Waals surface area contributed by atoms with Crippen molar-refractivity contribution in [1.82, 2.24) is 5.32 Å². The van der Waals surface area contributed by atoms with E-state index >= 15 is 0 Å². The predicted octanol–water partition coefficient (Wildman–Crippen LogP) is 4.68. The average Bonchev–Trinajstić information content (AvgIpc) is 3.27. The Labute approximate surface area is 176 Å². The molecule has 0 spiro atoms. The van der Waals surface area contributed by atoms with E-state index in [1.54, 1.807) is 12.1 Å². The number of carbonyl (C=O) groups is 1. The fourth-order valence-electron chi connectivity index (χ4n) is 4.57. The Morgan fingerprint density at radius 1 is 1.07 bits per heavy atom. The molecule has 0 unspecified atom stereocenters. The highest BCUT2D eigenvalue weighted by Gasteiger charge is 2.40. The van der Waals surface area contributed by atoms with Crippen LogP contribution in [0.15, 0.2) is 41.3 Å². The summed E-state index contributed by atoms with van der Waals surface area (Å²) in [5.41, 5.74) is 2.55. The van der Waals surface area contributed by atoms with E-state index in [0.29, 0.717) is 23.1 Å². The molecular formula is C22H25ClN2O3S. The van der Waals surface area contributed by atoms with Crippen LogP contribution in [0.1, 0.15) is 47.2 Å². The summed E-state index contributed by atoms with van der Waals surface area (Å²) in [5, 5.41) is 3.18. The van der Waals surface area contributed by atoms with Gasteiger partial charge in [-0.2, -0.15) is 0 Å². The zero-order chi connectivity index (χ0) is 20.8. The van der Waals surface area contributed by atoms with Crippen molar-refractivity contribution in [1.29, 1.82) is 0 Å². The maximum atomic E-state index is 13.0. The molecule has 4 rings (SSSR count). The molecular weight excluding hydrogens is 408 g/mol. The molecule has 0 aliphatic heterocycles. The van der Waals surface area contributed by atoms with Gasteiger partial charge in [-0.3, -0.25) is 9.52 Å². The number of amides is 1. The van der Waals surface area contributed by atoms with E-state index in [1.807, 2.05) is 26.0 Å². The van der Waals surface area contributed by atoms with Gasteiger partial charge in [-0.25, -0.2) is 8.42 Å². The van der Waals surface area contributed by atoms with Crippen LogP contribution in [0.4, 0.5) is 5.69 Å². The van der Waals surface area contributed by atoms with Crippen LogP contribution < -0.4 is 10.0 Å². The molecule has 2 aliphatic rings. The minimum absolute atomic E-state index is 0.0827. The van der Waals surface area contributed by atoms with Crippen molar-refractivity contribution in [2.45, 2.75) is 50.5 Å². The molecule has 29 heavy (non-hydrogen) atoms. The predicted molar refractivity (Wildman–Crippen MR) is 115 cm³/mol.